The zero-order valence-corrected chi connectivity index (χ0v) is 29.3. The molecule has 0 radical (unpaired) electrons. The van der Waals surface area contributed by atoms with Crippen LogP contribution in [0.3, 0.4) is 0 Å². The molecule has 0 N–H and O–H groups in total. The van der Waals surface area contributed by atoms with Crippen molar-refractivity contribution in [1.82, 2.24) is 4.57 Å². The van der Waals surface area contributed by atoms with Gasteiger partial charge in [0.25, 0.3) is 5.56 Å². The maximum Gasteiger partial charge on any atom is 0.343 e. The van der Waals surface area contributed by atoms with Gasteiger partial charge in [0.2, 0.25) is 0 Å². The molecule has 0 spiro atoms. The number of benzene rings is 4. The monoisotopic (exact) mass is 724 g/mol. The number of carbonyl (C=O) groups is 1. The topological polar surface area (TPSA) is 88.4 Å². The Morgan fingerprint density at radius 2 is 1.60 bits per heavy atom. The fraction of sp³-hybridized carbons (Fsp3) is 0.184. The van der Waals surface area contributed by atoms with Gasteiger partial charge in [-0.25, -0.2) is 9.79 Å². The molecule has 0 aliphatic carbocycles. The second kappa shape index (κ2) is 14.5. The van der Waals surface area contributed by atoms with Gasteiger partial charge in [-0.15, -0.1) is 0 Å². The minimum Gasteiger partial charge on any atom is -0.493 e. The Hall–Kier alpha value is -4.93. The number of rotatable bonds is 10. The van der Waals surface area contributed by atoms with E-state index in [1.54, 1.807) is 48.9 Å². The highest BCUT2D eigenvalue weighted by molar-refractivity contribution is 9.10. The first-order chi connectivity index (χ1) is 23.2. The van der Waals surface area contributed by atoms with E-state index in [9.17, 15) is 9.59 Å². The zero-order valence-electron chi connectivity index (χ0n) is 26.9. The molecule has 48 heavy (non-hydrogen) atoms. The summed E-state index contributed by atoms with van der Waals surface area (Å²) in [4.78, 5) is 32.9. The molecule has 1 aliphatic heterocycles. The van der Waals surface area contributed by atoms with E-state index in [0.717, 1.165) is 22.4 Å². The van der Waals surface area contributed by atoms with Crippen LogP contribution in [-0.2, 0) is 4.79 Å². The van der Waals surface area contributed by atoms with Gasteiger partial charge in [0.15, 0.2) is 16.3 Å². The third-order valence-corrected chi connectivity index (χ3v) is 9.51. The van der Waals surface area contributed by atoms with Crippen LogP contribution in [0.2, 0.25) is 0 Å². The van der Waals surface area contributed by atoms with Gasteiger partial charge in [0.1, 0.15) is 24.7 Å². The Morgan fingerprint density at radius 3 is 2.31 bits per heavy atom. The summed E-state index contributed by atoms with van der Waals surface area (Å²) in [6, 6.07) is 27.2. The van der Waals surface area contributed by atoms with Gasteiger partial charge in [0, 0.05) is 0 Å². The van der Waals surface area contributed by atoms with Crippen LogP contribution in [0.4, 0.5) is 0 Å². The first-order valence-electron chi connectivity index (χ1n) is 15.3. The molecule has 1 aromatic heterocycles. The standard InChI is InChI=1S/C38H33BrN2O6S/c1-23-15-16-29(19-24(23)2)45-17-18-46-35-30(39)20-26(21-31(35)44-4)22-32-36(42)41-34(27-11-7-5-8-12-27)33(25(3)40-38(41)48-32)37(43)47-28-13-9-6-10-14-28/h5-16,19-22,34H,17-18H2,1-4H3/b32-22+/t34-/m0/s1. The average Bonchev–Trinajstić information content (AvgIpc) is 3.38. The van der Waals surface area contributed by atoms with Crippen LogP contribution < -0.4 is 33.8 Å². The van der Waals surface area contributed by atoms with Gasteiger partial charge in [-0.3, -0.25) is 9.36 Å². The molecule has 2 heterocycles. The van der Waals surface area contributed by atoms with Crippen molar-refractivity contribution in [3.05, 3.63) is 149 Å². The Kier molecular flexibility index (Phi) is 9.93. The molecule has 5 aromatic rings. The van der Waals surface area contributed by atoms with Crippen LogP contribution in [0.15, 0.2) is 117 Å². The lowest BCUT2D eigenvalue weighted by atomic mass is 9.96. The minimum atomic E-state index is -0.719. The Bertz CT molecular complexity index is 2190. The van der Waals surface area contributed by atoms with Crippen molar-refractivity contribution in [3.8, 4) is 23.0 Å². The quantitative estimate of drug-likeness (QED) is 0.0907. The molecule has 0 unspecified atom stereocenters. The number of aryl methyl sites for hydroxylation is 2. The summed E-state index contributed by atoms with van der Waals surface area (Å²) in [6.07, 6.45) is 1.78. The number of hydrogen-bond acceptors (Lipinski definition) is 8. The second-order valence-corrected chi connectivity index (χ2v) is 13.0. The van der Waals surface area contributed by atoms with Crippen molar-refractivity contribution >= 4 is 39.3 Å². The summed E-state index contributed by atoms with van der Waals surface area (Å²) in [7, 11) is 1.57. The third kappa shape index (κ3) is 7.00. The summed E-state index contributed by atoms with van der Waals surface area (Å²) in [5, 5.41) is 0. The average molecular weight is 726 g/mol. The molecule has 8 nitrogen and oxygen atoms in total. The largest absolute Gasteiger partial charge is 0.493 e. The van der Waals surface area contributed by atoms with E-state index < -0.39 is 12.0 Å². The lowest BCUT2D eigenvalue weighted by molar-refractivity contribution is -0.130. The fourth-order valence-electron chi connectivity index (χ4n) is 5.41. The maximum atomic E-state index is 14.1. The number of halogens is 1. The van der Waals surface area contributed by atoms with Crippen LogP contribution in [0.1, 0.15) is 35.2 Å². The summed E-state index contributed by atoms with van der Waals surface area (Å²) in [6.45, 7) is 6.53. The second-order valence-electron chi connectivity index (χ2n) is 11.2. The minimum absolute atomic E-state index is 0.274. The Morgan fingerprint density at radius 1 is 0.896 bits per heavy atom. The lowest BCUT2D eigenvalue weighted by Gasteiger charge is -2.24. The van der Waals surface area contributed by atoms with Crippen molar-refractivity contribution in [2.75, 3.05) is 20.3 Å². The number of thiazole rings is 1. The molecule has 0 saturated heterocycles. The van der Waals surface area contributed by atoms with Crippen molar-refractivity contribution in [2.45, 2.75) is 26.8 Å². The van der Waals surface area contributed by atoms with E-state index >= 15 is 0 Å². The number of nitrogens with zero attached hydrogens (tertiary/aromatic N) is 2. The highest BCUT2D eigenvalue weighted by Crippen LogP contribution is 2.37. The number of hydrogen-bond donors (Lipinski definition) is 0. The van der Waals surface area contributed by atoms with E-state index in [1.807, 2.05) is 73.7 Å². The molecule has 1 atom stereocenters. The number of allylic oxidation sites excluding steroid dienone is 1. The molecule has 4 aromatic carbocycles. The zero-order chi connectivity index (χ0) is 33.8. The van der Waals surface area contributed by atoms with E-state index in [4.69, 9.17) is 23.9 Å². The van der Waals surface area contributed by atoms with Gasteiger partial charge in [-0.1, -0.05) is 65.9 Å². The van der Waals surface area contributed by atoms with Crippen LogP contribution in [0.25, 0.3) is 6.08 Å². The number of aromatic nitrogens is 1. The highest BCUT2D eigenvalue weighted by Gasteiger charge is 2.33. The van der Waals surface area contributed by atoms with Gasteiger partial charge in [-0.05, 0) is 101 Å². The van der Waals surface area contributed by atoms with Crippen molar-refractivity contribution in [1.29, 1.82) is 0 Å². The summed E-state index contributed by atoms with van der Waals surface area (Å²) in [5.41, 5.74) is 4.38. The van der Waals surface area contributed by atoms with E-state index in [2.05, 4.69) is 22.9 Å². The number of ether oxygens (including phenoxy) is 4. The Labute approximate surface area is 290 Å². The predicted octanol–water partition coefficient (Wildman–Crippen LogP) is 6.69. The molecular formula is C38H33BrN2O6S. The molecule has 0 bridgehead atoms. The molecule has 0 saturated carbocycles. The number of para-hydroxylation sites is 1. The van der Waals surface area contributed by atoms with Crippen LogP contribution in [-0.4, -0.2) is 30.9 Å². The number of esters is 1. The summed E-state index contributed by atoms with van der Waals surface area (Å²) in [5.74, 6) is 1.66. The third-order valence-electron chi connectivity index (χ3n) is 7.94. The number of methoxy groups -OCH3 is 1. The molecule has 1 aliphatic rings. The molecule has 10 heteroatoms. The lowest BCUT2D eigenvalue weighted by Crippen LogP contribution is -2.40. The fourth-order valence-corrected chi connectivity index (χ4v) is 7.03. The molecular weight excluding hydrogens is 692 g/mol. The van der Waals surface area contributed by atoms with E-state index in [0.29, 0.717) is 55.5 Å². The van der Waals surface area contributed by atoms with E-state index in [-0.39, 0.29) is 5.56 Å². The molecule has 6 rings (SSSR count). The van der Waals surface area contributed by atoms with E-state index in [1.165, 1.54) is 16.9 Å². The first-order valence-corrected chi connectivity index (χ1v) is 16.9. The van der Waals surface area contributed by atoms with Gasteiger partial charge >= 0.3 is 5.97 Å². The Balaban J connectivity index is 1.30. The van der Waals surface area contributed by atoms with Gasteiger partial charge < -0.3 is 18.9 Å². The molecule has 0 fully saturated rings. The first kappa shape index (κ1) is 33.0. The van der Waals surface area contributed by atoms with Gasteiger partial charge in [0.05, 0.1) is 33.4 Å². The van der Waals surface area contributed by atoms with Crippen molar-refractivity contribution in [2.24, 2.45) is 4.99 Å². The van der Waals surface area contributed by atoms with Crippen LogP contribution in [0, 0.1) is 13.8 Å². The van der Waals surface area contributed by atoms with Crippen molar-refractivity contribution in [3.63, 3.8) is 0 Å². The smallest absolute Gasteiger partial charge is 0.343 e. The normalized spacial score (nSPS) is 14.3. The summed E-state index contributed by atoms with van der Waals surface area (Å²) >= 11 is 4.87. The summed E-state index contributed by atoms with van der Waals surface area (Å²) < 4.78 is 26.0. The molecule has 244 valence electrons. The number of carbonyl (C=O) groups excluding carboxylic acids is 1. The van der Waals surface area contributed by atoms with Gasteiger partial charge in [-0.2, -0.15) is 0 Å². The SMILES string of the molecule is COc1cc(/C=c2/sc3n(c2=O)[C@@H](c2ccccc2)C(C(=O)Oc2ccccc2)=C(C)N=3)cc(Br)c1OCCOc1ccc(C)c(C)c1. The highest BCUT2D eigenvalue weighted by atomic mass is 79.9. The van der Waals surface area contributed by atoms with Crippen molar-refractivity contribution < 1.29 is 23.7 Å². The van der Waals surface area contributed by atoms with Crippen LogP contribution in [0.5, 0.6) is 23.0 Å². The predicted molar refractivity (Wildman–Crippen MR) is 190 cm³/mol. The maximum absolute atomic E-state index is 14.1. The molecule has 0 amide bonds. The number of fused-ring (bicyclic) bond motifs is 1. The van der Waals surface area contributed by atoms with Crippen LogP contribution >= 0.6 is 27.3 Å².